The summed E-state index contributed by atoms with van der Waals surface area (Å²) in [7, 11) is 2.12. The van der Waals surface area contributed by atoms with Crippen molar-refractivity contribution in [1.82, 2.24) is 20.1 Å². The number of rotatable bonds is 7. The Labute approximate surface area is 127 Å². The van der Waals surface area contributed by atoms with Gasteiger partial charge in [-0.2, -0.15) is 5.10 Å². The van der Waals surface area contributed by atoms with Crippen molar-refractivity contribution >= 4 is 0 Å². The standard InChI is InChI=1S/C15H29N5O/c1-4-13(5-2)20-7-6-12(18-20)10-14(17-16)15-11-19(3)8-9-21-15/h6-7,13-15,17H,4-5,8-11,16H2,1-3H3. The Kier molecular flexibility index (Phi) is 6.17. The van der Waals surface area contributed by atoms with E-state index in [-0.39, 0.29) is 12.1 Å². The van der Waals surface area contributed by atoms with E-state index in [1.54, 1.807) is 0 Å². The first kappa shape index (κ1) is 16.4. The molecule has 6 heteroatoms. The van der Waals surface area contributed by atoms with Gasteiger partial charge in [0.1, 0.15) is 0 Å². The van der Waals surface area contributed by atoms with Crippen molar-refractivity contribution in [2.24, 2.45) is 5.84 Å². The van der Waals surface area contributed by atoms with E-state index < -0.39 is 0 Å². The van der Waals surface area contributed by atoms with Crippen molar-refractivity contribution in [3.63, 3.8) is 0 Å². The summed E-state index contributed by atoms with van der Waals surface area (Å²) in [6.45, 7) is 7.05. The van der Waals surface area contributed by atoms with Crippen LogP contribution >= 0.6 is 0 Å². The van der Waals surface area contributed by atoms with Crippen LogP contribution in [0.1, 0.15) is 38.4 Å². The van der Waals surface area contributed by atoms with Gasteiger partial charge in [-0.05, 0) is 26.0 Å². The molecule has 21 heavy (non-hydrogen) atoms. The number of hydrogen-bond acceptors (Lipinski definition) is 5. The lowest BCUT2D eigenvalue weighted by Gasteiger charge is -2.34. The number of nitrogens with zero attached hydrogens (tertiary/aromatic N) is 3. The average molecular weight is 295 g/mol. The van der Waals surface area contributed by atoms with Gasteiger partial charge >= 0.3 is 0 Å². The largest absolute Gasteiger partial charge is 0.374 e. The summed E-state index contributed by atoms with van der Waals surface area (Å²) in [5.74, 6) is 5.73. The molecule has 0 saturated carbocycles. The molecule has 0 spiro atoms. The number of nitrogens with two attached hydrogens (primary N) is 1. The maximum Gasteiger partial charge on any atom is 0.0872 e. The minimum absolute atomic E-state index is 0.0952. The minimum atomic E-state index is 0.0952. The molecule has 1 aliphatic rings. The molecule has 0 amide bonds. The maximum absolute atomic E-state index is 5.85. The van der Waals surface area contributed by atoms with Crippen LogP contribution in [0.4, 0.5) is 0 Å². The van der Waals surface area contributed by atoms with Crippen molar-refractivity contribution in [1.29, 1.82) is 0 Å². The molecular weight excluding hydrogens is 266 g/mol. The molecule has 2 unspecified atom stereocenters. The van der Waals surface area contributed by atoms with Crippen molar-refractivity contribution in [3.8, 4) is 0 Å². The van der Waals surface area contributed by atoms with Gasteiger partial charge in [0.2, 0.25) is 0 Å². The first-order chi connectivity index (χ1) is 10.2. The SMILES string of the molecule is CCC(CC)n1ccc(CC(NN)C2CN(C)CCO2)n1. The summed E-state index contributed by atoms with van der Waals surface area (Å²) in [6, 6.07) is 2.67. The van der Waals surface area contributed by atoms with Gasteiger partial charge in [-0.3, -0.25) is 16.0 Å². The lowest BCUT2D eigenvalue weighted by Crippen LogP contribution is -2.54. The number of hydrazine groups is 1. The summed E-state index contributed by atoms with van der Waals surface area (Å²) in [5, 5.41) is 4.71. The van der Waals surface area contributed by atoms with E-state index in [0.29, 0.717) is 6.04 Å². The Hall–Kier alpha value is -0.950. The van der Waals surface area contributed by atoms with Crippen LogP contribution in [-0.4, -0.2) is 53.6 Å². The van der Waals surface area contributed by atoms with Gasteiger partial charge in [0, 0.05) is 25.7 Å². The fourth-order valence-corrected chi connectivity index (χ4v) is 2.93. The molecule has 2 heterocycles. The summed E-state index contributed by atoms with van der Waals surface area (Å²) in [6.07, 6.45) is 5.20. The summed E-state index contributed by atoms with van der Waals surface area (Å²) >= 11 is 0. The van der Waals surface area contributed by atoms with Gasteiger partial charge in [0.15, 0.2) is 0 Å². The quantitative estimate of drug-likeness (QED) is 0.579. The third-order valence-corrected chi connectivity index (χ3v) is 4.37. The average Bonchev–Trinajstić information content (AvgIpc) is 2.94. The molecule has 1 saturated heterocycles. The second kappa shape index (κ2) is 7.89. The van der Waals surface area contributed by atoms with E-state index >= 15 is 0 Å². The second-order valence-electron chi connectivity index (χ2n) is 5.91. The van der Waals surface area contributed by atoms with E-state index in [9.17, 15) is 0 Å². The molecule has 1 fully saturated rings. The lowest BCUT2D eigenvalue weighted by molar-refractivity contribution is -0.0386. The fourth-order valence-electron chi connectivity index (χ4n) is 2.93. The first-order valence-corrected chi connectivity index (χ1v) is 7.98. The molecule has 1 aromatic rings. The van der Waals surface area contributed by atoms with Crippen LogP contribution in [0.3, 0.4) is 0 Å². The maximum atomic E-state index is 5.85. The van der Waals surface area contributed by atoms with Gasteiger partial charge in [-0.1, -0.05) is 13.8 Å². The van der Waals surface area contributed by atoms with Gasteiger partial charge in [0.25, 0.3) is 0 Å². The number of nitrogens with one attached hydrogen (secondary N) is 1. The minimum Gasteiger partial charge on any atom is -0.374 e. The predicted octanol–water partition coefficient (Wildman–Crippen LogP) is 0.949. The van der Waals surface area contributed by atoms with Crippen LogP contribution < -0.4 is 11.3 Å². The Morgan fingerprint density at radius 3 is 2.86 bits per heavy atom. The zero-order valence-corrected chi connectivity index (χ0v) is 13.5. The topological polar surface area (TPSA) is 68.3 Å². The Balaban J connectivity index is 1.98. The predicted molar refractivity (Wildman–Crippen MR) is 83.9 cm³/mol. The molecule has 0 aliphatic carbocycles. The highest BCUT2D eigenvalue weighted by molar-refractivity contribution is 5.04. The van der Waals surface area contributed by atoms with E-state index in [1.807, 2.05) is 0 Å². The van der Waals surface area contributed by atoms with E-state index in [0.717, 1.165) is 44.7 Å². The van der Waals surface area contributed by atoms with Gasteiger partial charge in [-0.25, -0.2) is 0 Å². The number of ether oxygens (including phenoxy) is 1. The lowest BCUT2D eigenvalue weighted by atomic mass is 10.0. The monoisotopic (exact) mass is 295 g/mol. The van der Waals surface area contributed by atoms with E-state index in [4.69, 9.17) is 15.7 Å². The van der Waals surface area contributed by atoms with Crippen LogP contribution in [0.25, 0.3) is 0 Å². The fraction of sp³-hybridized carbons (Fsp3) is 0.800. The number of hydrogen-bond donors (Lipinski definition) is 2. The molecule has 2 rings (SSSR count). The van der Waals surface area contributed by atoms with Crippen molar-refractivity contribution < 1.29 is 4.74 Å². The van der Waals surface area contributed by atoms with Crippen LogP contribution in [0.15, 0.2) is 12.3 Å². The highest BCUT2D eigenvalue weighted by Gasteiger charge is 2.27. The normalized spacial score (nSPS) is 21.9. The van der Waals surface area contributed by atoms with Crippen LogP contribution in [0, 0.1) is 0 Å². The molecule has 0 radical (unpaired) electrons. The van der Waals surface area contributed by atoms with Crippen molar-refractivity contribution in [2.45, 2.75) is 51.3 Å². The molecule has 2 atom stereocenters. The first-order valence-electron chi connectivity index (χ1n) is 7.98. The van der Waals surface area contributed by atoms with Gasteiger partial charge in [0.05, 0.1) is 30.5 Å². The molecule has 6 nitrogen and oxygen atoms in total. The molecule has 120 valence electrons. The summed E-state index contributed by atoms with van der Waals surface area (Å²) in [5.41, 5.74) is 3.98. The molecular formula is C15H29N5O. The Morgan fingerprint density at radius 1 is 1.48 bits per heavy atom. The summed E-state index contributed by atoms with van der Waals surface area (Å²) in [4.78, 5) is 2.28. The highest BCUT2D eigenvalue weighted by Crippen LogP contribution is 2.16. The number of morpholine rings is 1. The Morgan fingerprint density at radius 2 is 2.24 bits per heavy atom. The van der Waals surface area contributed by atoms with Crippen molar-refractivity contribution in [2.75, 3.05) is 26.7 Å². The smallest absolute Gasteiger partial charge is 0.0872 e. The third kappa shape index (κ3) is 4.26. The molecule has 0 aromatic carbocycles. The highest BCUT2D eigenvalue weighted by atomic mass is 16.5. The van der Waals surface area contributed by atoms with Crippen LogP contribution in [-0.2, 0) is 11.2 Å². The summed E-state index contributed by atoms with van der Waals surface area (Å²) < 4.78 is 7.93. The molecule has 1 aliphatic heterocycles. The van der Waals surface area contributed by atoms with Crippen molar-refractivity contribution in [3.05, 3.63) is 18.0 Å². The zero-order chi connectivity index (χ0) is 15.2. The van der Waals surface area contributed by atoms with Crippen LogP contribution in [0.2, 0.25) is 0 Å². The van der Waals surface area contributed by atoms with Crippen LogP contribution in [0.5, 0.6) is 0 Å². The second-order valence-corrected chi connectivity index (χ2v) is 5.91. The van der Waals surface area contributed by atoms with Gasteiger partial charge in [-0.15, -0.1) is 0 Å². The van der Waals surface area contributed by atoms with Gasteiger partial charge < -0.3 is 9.64 Å². The number of aromatic nitrogens is 2. The molecule has 3 N–H and O–H groups in total. The number of likely N-dealkylation sites (N-methyl/N-ethyl adjacent to an activating group) is 1. The molecule has 1 aromatic heterocycles. The van der Waals surface area contributed by atoms with E-state index in [2.05, 4.69) is 48.2 Å². The van der Waals surface area contributed by atoms with E-state index in [1.165, 1.54) is 0 Å². The molecule has 0 bridgehead atoms. The Bertz CT molecular complexity index is 418. The zero-order valence-electron chi connectivity index (χ0n) is 13.5. The third-order valence-electron chi connectivity index (χ3n) is 4.37.